The average molecular weight is 345 g/mol. The van der Waals surface area contributed by atoms with E-state index < -0.39 is 0 Å². The molecule has 1 atom stereocenters. The molecule has 3 N–H and O–H groups in total. The van der Waals surface area contributed by atoms with E-state index in [0.29, 0.717) is 12.4 Å². The van der Waals surface area contributed by atoms with Crippen molar-refractivity contribution in [2.75, 3.05) is 26.9 Å². The Hall–Kier alpha value is -1.11. The lowest BCUT2D eigenvalue weighted by molar-refractivity contribution is -0.122. The molecule has 0 bridgehead atoms. The molecule has 0 aliphatic rings. The Balaban J connectivity index is 2.48. The number of amides is 1. The maximum atomic E-state index is 10.9. The quantitative estimate of drug-likeness (QED) is 0.668. The van der Waals surface area contributed by atoms with Crippen LogP contribution in [0.5, 0.6) is 5.75 Å². The molecule has 0 saturated carbocycles. The van der Waals surface area contributed by atoms with Crippen LogP contribution in [0.3, 0.4) is 0 Å². The van der Waals surface area contributed by atoms with Crippen molar-refractivity contribution in [3.63, 3.8) is 0 Å². The maximum Gasteiger partial charge on any atom is 0.223 e. The van der Waals surface area contributed by atoms with Gasteiger partial charge in [0.05, 0.1) is 23.6 Å². The molecule has 0 saturated heterocycles. The van der Waals surface area contributed by atoms with E-state index in [0.717, 1.165) is 23.1 Å². The van der Waals surface area contributed by atoms with Gasteiger partial charge < -0.3 is 20.5 Å². The van der Waals surface area contributed by atoms with E-state index in [2.05, 4.69) is 21.2 Å². The Morgan fingerprint density at radius 3 is 2.85 bits per heavy atom. The summed E-state index contributed by atoms with van der Waals surface area (Å²) in [6.07, 6.45) is 0. The van der Waals surface area contributed by atoms with Crippen LogP contribution in [0.25, 0.3) is 0 Å². The monoisotopic (exact) mass is 344 g/mol. The number of methoxy groups -OCH3 is 1. The van der Waals surface area contributed by atoms with Crippen LogP contribution in [0, 0.1) is 5.92 Å². The maximum absolute atomic E-state index is 10.9. The minimum Gasteiger partial charge on any atom is -0.492 e. The second-order valence-electron chi connectivity index (χ2n) is 4.55. The van der Waals surface area contributed by atoms with E-state index in [-0.39, 0.29) is 18.4 Å². The van der Waals surface area contributed by atoms with Crippen LogP contribution < -0.4 is 15.8 Å². The van der Waals surface area contributed by atoms with E-state index >= 15 is 0 Å². The first-order chi connectivity index (χ1) is 9.54. The number of nitrogens with one attached hydrogen (secondary N) is 1. The van der Waals surface area contributed by atoms with Crippen molar-refractivity contribution in [2.45, 2.75) is 13.5 Å². The zero-order valence-corrected chi connectivity index (χ0v) is 13.4. The molecule has 20 heavy (non-hydrogen) atoms. The topological polar surface area (TPSA) is 73.6 Å². The van der Waals surface area contributed by atoms with Crippen molar-refractivity contribution in [1.29, 1.82) is 0 Å². The van der Waals surface area contributed by atoms with Gasteiger partial charge >= 0.3 is 0 Å². The summed E-state index contributed by atoms with van der Waals surface area (Å²) in [6, 6.07) is 5.85. The largest absolute Gasteiger partial charge is 0.492 e. The average Bonchev–Trinajstić information content (AvgIpc) is 2.42. The molecule has 1 aromatic carbocycles. The van der Waals surface area contributed by atoms with Gasteiger partial charge in [-0.1, -0.05) is 13.0 Å². The third-order valence-corrected chi connectivity index (χ3v) is 3.40. The Kier molecular flexibility index (Phi) is 7.58. The van der Waals surface area contributed by atoms with Crippen molar-refractivity contribution in [2.24, 2.45) is 11.7 Å². The molecule has 6 heteroatoms. The molecule has 112 valence electrons. The predicted octanol–water partition coefficient (Wildman–Crippen LogP) is 1.69. The van der Waals surface area contributed by atoms with Gasteiger partial charge in [-0.2, -0.15) is 0 Å². The summed E-state index contributed by atoms with van der Waals surface area (Å²) in [5.41, 5.74) is 6.33. The summed E-state index contributed by atoms with van der Waals surface area (Å²) in [5.74, 6) is 0.0381. The number of primary amides is 1. The number of nitrogens with two attached hydrogens (primary N) is 1. The van der Waals surface area contributed by atoms with Gasteiger partial charge in [0.15, 0.2) is 0 Å². The molecule has 1 aromatic rings. The first-order valence-corrected chi connectivity index (χ1v) is 7.24. The number of rotatable bonds is 9. The highest BCUT2D eigenvalue weighted by atomic mass is 79.9. The van der Waals surface area contributed by atoms with Crippen molar-refractivity contribution >= 4 is 21.8 Å². The third kappa shape index (κ3) is 5.90. The fourth-order valence-corrected chi connectivity index (χ4v) is 2.02. The fourth-order valence-electron chi connectivity index (χ4n) is 1.48. The number of hydrogen-bond acceptors (Lipinski definition) is 4. The van der Waals surface area contributed by atoms with E-state index in [1.165, 1.54) is 0 Å². The Morgan fingerprint density at radius 2 is 2.25 bits per heavy atom. The van der Waals surface area contributed by atoms with Gasteiger partial charge in [0.2, 0.25) is 5.91 Å². The van der Waals surface area contributed by atoms with Gasteiger partial charge in [-0.05, 0) is 33.6 Å². The minimum atomic E-state index is -0.361. The van der Waals surface area contributed by atoms with Crippen LogP contribution in [0.2, 0.25) is 0 Å². The second-order valence-corrected chi connectivity index (χ2v) is 5.40. The molecule has 5 nitrogen and oxygen atoms in total. The van der Waals surface area contributed by atoms with Gasteiger partial charge in [0.1, 0.15) is 5.75 Å². The van der Waals surface area contributed by atoms with Crippen LogP contribution in [0.15, 0.2) is 22.7 Å². The van der Waals surface area contributed by atoms with Gasteiger partial charge in [0, 0.05) is 20.2 Å². The first kappa shape index (κ1) is 16.9. The van der Waals surface area contributed by atoms with E-state index in [4.69, 9.17) is 15.2 Å². The second kappa shape index (κ2) is 8.94. The molecule has 0 aromatic heterocycles. The Labute approximate surface area is 127 Å². The third-order valence-electron chi connectivity index (χ3n) is 2.78. The highest BCUT2D eigenvalue weighted by Crippen LogP contribution is 2.26. The van der Waals surface area contributed by atoms with E-state index in [9.17, 15) is 4.79 Å². The van der Waals surface area contributed by atoms with E-state index in [1.807, 2.05) is 18.2 Å². The normalized spacial score (nSPS) is 12.2. The summed E-state index contributed by atoms with van der Waals surface area (Å²) in [4.78, 5) is 10.9. The molecular weight excluding hydrogens is 324 g/mol. The summed E-state index contributed by atoms with van der Waals surface area (Å²) in [5, 5.41) is 3.27. The predicted molar refractivity (Wildman–Crippen MR) is 81.6 cm³/mol. The van der Waals surface area contributed by atoms with Crippen LogP contribution in [-0.2, 0) is 16.1 Å². The van der Waals surface area contributed by atoms with E-state index in [1.54, 1.807) is 14.0 Å². The highest BCUT2D eigenvalue weighted by molar-refractivity contribution is 9.10. The van der Waals surface area contributed by atoms with Crippen molar-refractivity contribution in [3.05, 3.63) is 28.2 Å². The van der Waals surface area contributed by atoms with Crippen molar-refractivity contribution in [3.8, 4) is 5.75 Å². The molecule has 0 heterocycles. The van der Waals surface area contributed by atoms with Gasteiger partial charge in [-0.15, -0.1) is 0 Å². The molecular formula is C14H21BrN2O3. The summed E-state index contributed by atoms with van der Waals surface area (Å²) < 4.78 is 11.4. The molecule has 0 aliphatic heterocycles. The van der Waals surface area contributed by atoms with Crippen LogP contribution >= 0.6 is 15.9 Å². The molecule has 0 radical (unpaired) electrons. The summed E-state index contributed by atoms with van der Waals surface area (Å²) >= 11 is 3.46. The van der Waals surface area contributed by atoms with Gasteiger partial charge in [-0.25, -0.2) is 0 Å². The first-order valence-electron chi connectivity index (χ1n) is 6.44. The minimum absolute atomic E-state index is 0.277. The number of benzene rings is 1. The zero-order valence-electron chi connectivity index (χ0n) is 11.8. The number of carbonyl (C=O) groups is 1. The van der Waals surface area contributed by atoms with Crippen LogP contribution in [0.1, 0.15) is 12.5 Å². The lowest BCUT2D eigenvalue weighted by Gasteiger charge is -2.12. The van der Waals surface area contributed by atoms with Gasteiger partial charge in [-0.3, -0.25) is 4.79 Å². The highest BCUT2D eigenvalue weighted by Gasteiger charge is 2.10. The Bertz CT molecular complexity index is 440. The molecule has 0 aliphatic carbocycles. The summed E-state index contributed by atoms with van der Waals surface area (Å²) in [6.45, 7) is 4.28. The SMILES string of the molecule is COCCNCc1ccc(OCC(C)C(N)=O)c(Br)c1. The zero-order chi connectivity index (χ0) is 15.0. The van der Waals surface area contributed by atoms with Gasteiger partial charge in [0.25, 0.3) is 0 Å². The number of hydrogen-bond donors (Lipinski definition) is 2. The molecule has 0 spiro atoms. The molecule has 1 rings (SSSR count). The molecule has 1 unspecified atom stereocenters. The number of ether oxygens (including phenoxy) is 2. The Morgan fingerprint density at radius 1 is 1.50 bits per heavy atom. The summed E-state index contributed by atoms with van der Waals surface area (Å²) in [7, 11) is 1.68. The lowest BCUT2D eigenvalue weighted by Crippen LogP contribution is -2.25. The number of carbonyl (C=O) groups excluding carboxylic acids is 1. The van der Waals surface area contributed by atoms with Crippen LogP contribution in [0.4, 0.5) is 0 Å². The standard InChI is InChI=1S/C14H21BrN2O3/c1-10(14(16)18)9-20-13-4-3-11(7-12(13)15)8-17-5-6-19-2/h3-4,7,10,17H,5-6,8-9H2,1-2H3,(H2,16,18). The molecule has 1 amide bonds. The van der Waals surface area contributed by atoms with Crippen molar-refractivity contribution in [1.82, 2.24) is 5.32 Å². The fraction of sp³-hybridized carbons (Fsp3) is 0.500. The molecule has 0 fully saturated rings. The lowest BCUT2D eigenvalue weighted by atomic mass is 10.2. The van der Waals surface area contributed by atoms with Crippen molar-refractivity contribution < 1.29 is 14.3 Å². The van der Waals surface area contributed by atoms with Crippen LogP contribution in [-0.4, -0.2) is 32.8 Å². The smallest absolute Gasteiger partial charge is 0.223 e. The number of halogens is 1.